The Bertz CT molecular complexity index is 1110. The average Bonchev–Trinajstić information content (AvgIpc) is 3.35. The molecular weight excluding hydrogens is 853 g/mol. The molecule has 0 saturated carbocycles. The second-order valence-corrected chi connectivity index (χ2v) is 21.0. The molecule has 0 rings (SSSR count). The maximum Gasteiger partial charge on any atom is 0.306 e. The van der Waals surface area contributed by atoms with Crippen LogP contribution in [0.25, 0.3) is 0 Å². The van der Waals surface area contributed by atoms with Crippen LogP contribution in [0.1, 0.15) is 342 Å². The predicted octanol–water partition coefficient (Wildman–Crippen LogP) is 20.7. The van der Waals surface area contributed by atoms with Gasteiger partial charge in [0.15, 0.2) is 6.10 Å². The Kier molecular flexibility index (Phi) is 56.7. The van der Waals surface area contributed by atoms with E-state index in [4.69, 9.17) is 14.2 Å². The molecule has 0 bridgehead atoms. The largest absolute Gasteiger partial charge is 0.462 e. The zero-order valence-corrected chi connectivity index (χ0v) is 46.6. The van der Waals surface area contributed by atoms with E-state index in [1.807, 2.05) is 0 Å². The van der Waals surface area contributed by atoms with Crippen molar-refractivity contribution in [1.82, 2.24) is 0 Å². The van der Waals surface area contributed by atoms with Gasteiger partial charge >= 0.3 is 17.9 Å². The Labute approximate surface area is 430 Å². The Morgan fingerprint density at radius 3 is 0.812 bits per heavy atom. The molecule has 1 atom stereocenters. The predicted molar refractivity (Wildman–Crippen MR) is 298 cm³/mol. The lowest BCUT2D eigenvalue weighted by Crippen LogP contribution is -2.30. The first-order chi connectivity index (χ1) is 34.0. The van der Waals surface area contributed by atoms with Crippen molar-refractivity contribution in [3.63, 3.8) is 0 Å². The standard InChI is InChI=1S/C63H118O6/c1-4-7-10-13-16-19-21-23-25-27-29-30-31-32-33-34-36-37-39-41-44-47-50-53-56-62(65)68-59-60(58-67-61(64)55-52-49-46-43-18-15-12-9-6-3)69-63(66)57-54-51-48-45-42-40-38-35-28-26-24-22-20-17-14-11-8-5-2/h20,22,26,28,60H,4-19,21,23-25,27,29-59H2,1-3H3/b22-20-,28-26-. The lowest BCUT2D eigenvalue weighted by molar-refractivity contribution is -0.167. The highest BCUT2D eigenvalue weighted by molar-refractivity contribution is 5.71. The summed E-state index contributed by atoms with van der Waals surface area (Å²) < 4.78 is 16.9. The molecular formula is C63H118O6. The van der Waals surface area contributed by atoms with Gasteiger partial charge in [0.05, 0.1) is 0 Å². The fraction of sp³-hybridized carbons (Fsp3) is 0.889. The van der Waals surface area contributed by atoms with Gasteiger partial charge in [0.25, 0.3) is 0 Å². The van der Waals surface area contributed by atoms with Crippen molar-refractivity contribution in [2.45, 2.75) is 348 Å². The second-order valence-electron chi connectivity index (χ2n) is 21.0. The van der Waals surface area contributed by atoms with Gasteiger partial charge in [0, 0.05) is 19.3 Å². The Morgan fingerprint density at radius 2 is 0.522 bits per heavy atom. The summed E-state index contributed by atoms with van der Waals surface area (Å²) in [5, 5.41) is 0. The zero-order valence-electron chi connectivity index (χ0n) is 46.6. The molecule has 1 unspecified atom stereocenters. The molecule has 69 heavy (non-hydrogen) atoms. The topological polar surface area (TPSA) is 78.9 Å². The molecule has 0 aromatic rings. The first kappa shape index (κ1) is 66.9. The van der Waals surface area contributed by atoms with Crippen molar-refractivity contribution in [1.29, 1.82) is 0 Å². The van der Waals surface area contributed by atoms with Crippen molar-refractivity contribution in [3.05, 3.63) is 24.3 Å². The number of carbonyl (C=O) groups is 3. The van der Waals surface area contributed by atoms with Crippen molar-refractivity contribution < 1.29 is 28.6 Å². The average molecular weight is 972 g/mol. The minimum atomic E-state index is -0.770. The third-order valence-electron chi connectivity index (χ3n) is 14.0. The monoisotopic (exact) mass is 971 g/mol. The first-order valence-corrected chi connectivity index (χ1v) is 30.8. The molecule has 6 nitrogen and oxygen atoms in total. The molecule has 0 amide bonds. The number of esters is 3. The molecule has 0 heterocycles. The zero-order chi connectivity index (χ0) is 50.0. The summed E-state index contributed by atoms with van der Waals surface area (Å²) >= 11 is 0. The van der Waals surface area contributed by atoms with Gasteiger partial charge < -0.3 is 14.2 Å². The summed E-state index contributed by atoms with van der Waals surface area (Å²) in [4.78, 5) is 38.1. The quantitative estimate of drug-likeness (QED) is 0.0261. The Morgan fingerprint density at radius 1 is 0.290 bits per heavy atom. The van der Waals surface area contributed by atoms with Gasteiger partial charge in [-0.15, -0.1) is 0 Å². The van der Waals surface area contributed by atoms with Crippen LogP contribution in [0, 0.1) is 0 Å². The van der Waals surface area contributed by atoms with Gasteiger partial charge in [0.1, 0.15) is 13.2 Å². The highest BCUT2D eigenvalue weighted by atomic mass is 16.6. The van der Waals surface area contributed by atoms with Crippen molar-refractivity contribution >= 4 is 17.9 Å². The van der Waals surface area contributed by atoms with E-state index in [9.17, 15) is 14.4 Å². The van der Waals surface area contributed by atoms with Crippen LogP contribution >= 0.6 is 0 Å². The third kappa shape index (κ3) is 56.7. The van der Waals surface area contributed by atoms with Gasteiger partial charge in [-0.25, -0.2) is 0 Å². The third-order valence-corrected chi connectivity index (χ3v) is 14.0. The van der Waals surface area contributed by atoms with Crippen molar-refractivity contribution in [2.75, 3.05) is 13.2 Å². The van der Waals surface area contributed by atoms with Crippen LogP contribution < -0.4 is 0 Å². The van der Waals surface area contributed by atoms with E-state index >= 15 is 0 Å². The van der Waals surface area contributed by atoms with Crippen molar-refractivity contribution in [3.8, 4) is 0 Å². The summed E-state index contributed by atoms with van der Waals surface area (Å²) in [7, 11) is 0. The highest BCUT2D eigenvalue weighted by Crippen LogP contribution is 2.18. The van der Waals surface area contributed by atoms with E-state index in [1.54, 1.807) is 0 Å². The van der Waals surface area contributed by atoms with Gasteiger partial charge in [-0.05, 0) is 51.4 Å². The van der Waals surface area contributed by atoms with Crippen LogP contribution in [-0.4, -0.2) is 37.2 Å². The summed E-state index contributed by atoms with van der Waals surface area (Å²) in [5.41, 5.74) is 0. The van der Waals surface area contributed by atoms with Crippen LogP contribution in [-0.2, 0) is 28.6 Å². The number of ether oxygens (including phenoxy) is 3. The van der Waals surface area contributed by atoms with Crippen LogP contribution in [0.2, 0.25) is 0 Å². The molecule has 0 radical (unpaired) electrons. The van der Waals surface area contributed by atoms with Crippen LogP contribution in [0.5, 0.6) is 0 Å². The second kappa shape index (κ2) is 58.5. The molecule has 0 aromatic heterocycles. The number of carbonyl (C=O) groups excluding carboxylic acids is 3. The lowest BCUT2D eigenvalue weighted by atomic mass is 10.0. The van der Waals surface area contributed by atoms with Crippen LogP contribution in [0.3, 0.4) is 0 Å². The molecule has 0 aliphatic carbocycles. The van der Waals surface area contributed by atoms with Crippen LogP contribution in [0.15, 0.2) is 24.3 Å². The van der Waals surface area contributed by atoms with Gasteiger partial charge in [-0.1, -0.05) is 295 Å². The number of rotatable bonds is 57. The molecule has 0 saturated heterocycles. The molecule has 0 aliphatic heterocycles. The minimum Gasteiger partial charge on any atom is -0.462 e. The SMILES string of the molecule is CCCCCC/C=C\C/C=C\CCCCCCCCCC(=O)OC(COC(=O)CCCCCCCCCCC)COC(=O)CCCCCCCCCCCCCCCCCCCCCCCCCC. The van der Waals surface area contributed by atoms with Gasteiger partial charge in [-0.3, -0.25) is 14.4 Å². The normalized spacial score (nSPS) is 12.1. The van der Waals surface area contributed by atoms with Crippen molar-refractivity contribution in [2.24, 2.45) is 0 Å². The van der Waals surface area contributed by atoms with E-state index in [2.05, 4.69) is 45.1 Å². The van der Waals surface area contributed by atoms with Gasteiger partial charge in [-0.2, -0.15) is 0 Å². The first-order valence-electron chi connectivity index (χ1n) is 30.8. The van der Waals surface area contributed by atoms with Gasteiger partial charge in [0.2, 0.25) is 0 Å². The number of allylic oxidation sites excluding steroid dienone is 4. The molecule has 0 spiro atoms. The maximum atomic E-state index is 12.8. The highest BCUT2D eigenvalue weighted by Gasteiger charge is 2.19. The van der Waals surface area contributed by atoms with E-state index in [0.717, 1.165) is 70.6 Å². The lowest BCUT2D eigenvalue weighted by Gasteiger charge is -2.18. The molecule has 0 fully saturated rings. The minimum absolute atomic E-state index is 0.0691. The maximum absolute atomic E-state index is 12.8. The summed E-state index contributed by atoms with van der Waals surface area (Å²) in [5.74, 6) is -0.857. The Hall–Kier alpha value is -2.11. The number of hydrogen-bond acceptors (Lipinski definition) is 6. The molecule has 406 valence electrons. The molecule has 0 N–H and O–H groups in total. The smallest absolute Gasteiger partial charge is 0.306 e. The summed E-state index contributed by atoms with van der Waals surface area (Å²) in [6, 6.07) is 0. The van der Waals surface area contributed by atoms with E-state index in [-0.39, 0.29) is 31.1 Å². The summed E-state index contributed by atoms with van der Waals surface area (Å²) in [6.07, 6.45) is 69.1. The van der Waals surface area contributed by atoms with Crippen LogP contribution in [0.4, 0.5) is 0 Å². The fourth-order valence-electron chi connectivity index (χ4n) is 9.30. The van der Waals surface area contributed by atoms with E-state index in [0.29, 0.717) is 19.3 Å². The molecule has 0 aliphatic rings. The fourth-order valence-corrected chi connectivity index (χ4v) is 9.30. The number of hydrogen-bond donors (Lipinski definition) is 0. The molecule has 0 aromatic carbocycles. The summed E-state index contributed by atoms with van der Waals surface area (Å²) in [6.45, 7) is 6.65. The van der Waals surface area contributed by atoms with E-state index < -0.39 is 6.10 Å². The number of unbranched alkanes of at least 4 members (excludes halogenated alkanes) is 42. The molecule has 6 heteroatoms. The van der Waals surface area contributed by atoms with E-state index in [1.165, 1.54) is 231 Å². The Balaban J connectivity index is 4.17.